The van der Waals surface area contributed by atoms with Crippen molar-refractivity contribution in [3.8, 4) is 0 Å². The van der Waals surface area contributed by atoms with Crippen molar-refractivity contribution in [2.45, 2.75) is 19.9 Å². The van der Waals surface area contributed by atoms with Crippen molar-refractivity contribution in [1.29, 1.82) is 0 Å². The first kappa shape index (κ1) is 11.2. The van der Waals surface area contributed by atoms with E-state index in [1.165, 1.54) is 5.56 Å². The molecule has 2 N–H and O–H groups in total. The van der Waals surface area contributed by atoms with E-state index in [-0.39, 0.29) is 6.04 Å². The maximum Gasteiger partial charge on any atom is 0.125 e. The highest BCUT2D eigenvalue weighted by molar-refractivity contribution is 9.10. The van der Waals surface area contributed by atoms with Crippen LogP contribution in [0.15, 0.2) is 34.9 Å². The summed E-state index contributed by atoms with van der Waals surface area (Å²) in [5.74, 6) is 0.725. The third-order valence-electron chi connectivity index (χ3n) is 2.75. The van der Waals surface area contributed by atoms with Crippen molar-refractivity contribution in [3.63, 3.8) is 0 Å². The second-order valence-corrected chi connectivity index (χ2v) is 4.71. The van der Waals surface area contributed by atoms with Crippen LogP contribution in [0.3, 0.4) is 0 Å². The number of nitrogens with two attached hydrogens (primary N) is 1. The fourth-order valence-electron chi connectivity index (χ4n) is 1.71. The van der Waals surface area contributed by atoms with Gasteiger partial charge in [-0.3, -0.25) is 0 Å². The quantitative estimate of drug-likeness (QED) is 0.918. The molecule has 1 atom stereocenters. The molecule has 84 valence electrons. The minimum Gasteiger partial charge on any atom is -0.384 e. The predicted octanol–water partition coefficient (Wildman–Crippen LogP) is 3.15. The summed E-state index contributed by atoms with van der Waals surface area (Å²) in [6.07, 6.45) is 1.79. The van der Waals surface area contributed by atoms with Crippen LogP contribution in [0.25, 0.3) is 0 Å². The first-order valence-electron chi connectivity index (χ1n) is 5.15. The van der Waals surface area contributed by atoms with Gasteiger partial charge in [-0.2, -0.15) is 5.10 Å². The molecule has 0 saturated carbocycles. The van der Waals surface area contributed by atoms with Gasteiger partial charge in [-0.1, -0.05) is 34.1 Å². The van der Waals surface area contributed by atoms with Gasteiger partial charge in [0, 0.05) is 10.0 Å². The maximum atomic E-state index is 5.98. The zero-order valence-electron chi connectivity index (χ0n) is 9.31. The van der Waals surface area contributed by atoms with Crippen LogP contribution < -0.4 is 5.73 Å². The molecule has 1 unspecified atom stereocenters. The van der Waals surface area contributed by atoms with Gasteiger partial charge in [0.1, 0.15) is 5.82 Å². The molecule has 0 saturated heterocycles. The Bertz CT molecular complexity index is 505. The van der Waals surface area contributed by atoms with Crippen LogP contribution in [-0.2, 0) is 0 Å². The van der Waals surface area contributed by atoms with E-state index in [2.05, 4.69) is 34.0 Å². The van der Waals surface area contributed by atoms with Gasteiger partial charge in [-0.05, 0) is 25.5 Å². The van der Waals surface area contributed by atoms with Gasteiger partial charge in [0.25, 0.3) is 0 Å². The zero-order valence-corrected chi connectivity index (χ0v) is 10.9. The third-order valence-corrected chi connectivity index (χ3v) is 3.47. The molecular formula is C12H14BrN3. The number of nitrogens with zero attached hydrogens (tertiary/aromatic N) is 2. The Morgan fingerprint density at radius 2 is 2.06 bits per heavy atom. The van der Waals surface area contributed by atoms with E-state index in [9.17, 15) is 0 Å². The lowest BCUT2D eigenvalue weighted by Crippen LogP contribution is -2.12. The summed E-state index contributed by atoms with van der Waals surface area (Å²) in [5.41, 5.74) is 8.17. The molecule has 0 amide bonds. The number of aromatic nitrogens is 2. The van der Waals surface area contributed by atoms with E-state index in [1.807, 2.05) is 29.8 Å². The zero-order chi connectivity index (χ0) is 11.7. The summed E-state index contributed by atoms with van der Waals surface area (Å²) in [7, 11) is 0. The van der Waals surface area contributed by atoms with Gasteiger partial charge in [0.2, 0.25) is 0 Å². The second kappa shape index (κ2) is 4.29. The molecular weight excluding hydrogens is 266 g/mol. The Labute approximate surface area is 103 Å². The topological polar surface area (TPSA) is 43.8 Å². The highest BCUT2D eigenvalue weighted by Gasteiger charge is 2.14. The number of hydrogen-bond donors (Lipinski definition) is 1. The molecule has 0 aliphatic heterocycles. The normalized spacial score (nSPS) is 12.7. The van der Waals surface area contributed by atoms with Crippen molar-refractivity contribution in [2.75, 3.05) is 5.73 Å². The van der Waals surface area contributed by atoms with Crippen LogP contribution in [0, 0.1) is 6.92 Å². The Hall–Kier alpha value is -1.29. The predicted molar refractivity (Wildman–Crippen MR) is 69.3 cm³/mol. The van der Waals surface area contributed by atoms with Crippen molar-refractivity contribution in [2.24, 2.45) is 0 Å². The number of nitrogen functional groups attached to an aromatic ring is 1. The minimum atomic E-state index is 0.129. The molecule has 2 aromatic rings. The Morgan fingerprint density at radius 1 is 1.38 bits per heavy atom. The van der Waals surface area contributed by atoms with Crippen molar-refractivity contribution < 1.29 is 0 Å². The van der Waals surface area contributed by atoms with Crippen LogP contribution >= 0.6 is 15.9 Å². The molecule has 1 heterocycles. The molecule has 0 aliphatic carbocycles. The van der Waals surface area contributed by atoms with Gasteiger partial charge in [0.05, 0.1) is 12.2 Å². The molecule has 4 heteroatoms. The summed E-state index contributed by atoms with van der Waals surface area (Å²) < 4.78 is 2.92. The molecule has 3 nitrogen and oxygen atoms in total. The van der Waals surface area contributed by atoms with Crippen molar-refractivity contribution >= 4 is 21.7 Å². The average molecular weight is 280 g/mol. The lowest BCUT2D eigenvalue weighted by Gasteiger charge is -2.16. The minimum absolute atomic E-state index is 0.129. The number of anilines is 1. The van der Waals surface area contributed by atoms with Gasteiger partial charge >= 0.3 is 0 Å². The Morgan fingerprint density at radius 3 is 2.62 bits per heavy atom. The number of aryl methyl sites for hydroxylation is 1. The van der Waals surface area contributed by atoms with E-state index in [0.29, 0.717) is 0 Å². The molecule has 0 radical (unpaired) electrons. The first-order chi connectivity index (χ1) is 7.61. The van der Waals surface area contributed by atoms with E-state index in [4.69, 9.17) is 5.73 Å². The standard InChI is InChI=1S/C12H14BrN3/c1-8-7-15-16(12(8)14)9(2)10-5-3-4-6-11(10)13/h3-7,9H,14H2,1-2H3. The molecule has 1 aromatic heterocycles. The summed E-state index contributed by atoms with van der Waals surface area (Å²) >= 11 is 3.54. The SMILES string of the molecule is Cc1cnn(C(C)c2ccccc2Br)c1N. The number of halogens is 1. The second-order valence-electron chi connectivity index (χ2n) is 3.85. The van der Waals surface area contributed by atoms with E-state index in [0.717, 1.165) is 15.9 Å². The molecule has 0 spiro atoms. The molecule has 0 aliphatic rings. The largest absolute Gasteiger partial charge is 0.384 e. The molecule has 0 bridgehead atoms. The molecule has 16 heavy (non-hydrogen) atoms. The summed E-state index contributed by atoms with van der Waals surface area (Å²) in [4.78, 5) is 0. The van der Waals surface area contributed by atoms with E-state index in [1.54, 1.807) is 6.20 Å². The molecule has 2 rings (SSSR count). The number of hydrogen-bond acceptors (Lipinski definition) is 2. The monoisotopic (exact) mass is 279 g/mol. The molecule has 0 fully saturated rings. The number of benzene rings is 1. The highest BCUT2D eigenvalue weighted by Crippen LogP contribution is 2.27. The van der Waals surface area contributed by atoms with Gasteiger partial charge in [-0.25, -0.2) is 4.68 Å². The van der Waals surface area contributed by atoms with Gasteiger partial charge in [0.15, 0.2) is 0 Å². The van der Waals surface area contributed by atoms with Gasteiger partial charge < -0.3 is 5.73 Å². The third kappa shape index (κ3) is 1.85. The lowest BCUT2D eigenvalue weighted by molar-refractivity contribution is 0.571. The fourth-order valence-corrected chi connectivity index (χ4v) is 2.33. The van der Waals surface area contributed by atoms with Crippen LogP contribution in [0.5, 0.6) is 0 Å². The first-order valence-corrected chi connectivity index (χ1v) is 5.94. The van der Waals surface area contributed by atoms with Crippen LogP contribution in [0.2, 0.25) is 0 Å². The maximum absolute atomic E-state index is 5.98. The van der Waals surface area contributed by atoms with Crippen molar-refractivity contribution in [3.05, 3.63) is 46.1 Å². The smallest absolute Gasteiger partial charge is 0.125 e. The van der Waals surface area contributed by atoms with Crippen molar-refractivity contribution in [1.82, 2.24) is 9.78 Å². The summed E-state index contributed by atoms with van der Waals surface area (Å²) in [6, 6.07) is 8.24. The Kier molecular flexibility index (Phi) is 3.01. The Balaban J connectivity index is 2.43. The lowest BCUT2D eigenvalue weighted by atomic mass is 10.1. The summed E-state index contributed by atoms with van der Waals surface area (Å²) in [5, 5.41) is 4.30. The fraction of sp³-hybridized carbons (Fsp3) is 0.250. The average Bonchev–Trinajstić information content (AvgIpc) is 2.60. The number of rotatable bonds is 2. The highest BCUT2D eigenvalue weighted by atomic mass is 79.9. The van der Waals surface area contributed by atoms with Crippen LogP contribution in [0.4, 0.5) is 5.82 Å². The van der Waals surface area contributed by atoms with E-state index >= 15 is 0 Å². The van der Waals surface area contributed by atoms with Crippen LogP contribution in [-0.4, -0.2) is 9.78 Å². The van der Waals surface area contributed by atoms with Crippen LogP contribution in [0.1, 0.15) is 24.1 Å². The summed E-state index contributed by atoms with van der Waals surface area (Å²) in [6.45, 7) is 4.05. The van der Waals surface area contributed by atoms with E-state index < -0.39 is 0 Å². The van der Waals surface area contributed by atoms with Gasteiger partial charge in [-0.15, -0.1) is 0 Å². The molecule has 1 aromatic carbocycles.